The molecule has 0 aromatic heterocycles. The highest BCUT2D eigenvalue weighted by molar-refractivity contribution is 5.92. The Hall–Kier alpha value is -3.24. The maximum absolute atomic E-state index is 13.6. The van der Waals surface area contributed by atoms with Crippen molar-refractivity contribution in [3.8, 4) is 6.07 Å². The molecule has 1 aliphatic heterocycles. The topological polar surface area (TPSA) is 85.2 Å². The number of anilines is 1. The molecule has 1 aliphatic rings. The highest BCUT2D eigenvalue weighted by Crippen LogP contribution is 2.18. The van der Waals surface area contributed by atoms with Crippen LogP contribution >= 0.6 is 0 Å². The van der Waals surface area contributed by atoms with Crippen LogP contribution < -0.4 is 10.6 Å². The van der Waals surface area contributed by atoms with Crippen LogP contribution in [0.5, 0.6) is 0 Å². The zero-order valence-corrected chi connectivity index (χ0v) is 17.0. The number of nitrogens with one attached hydrogen (secondary N) is 2. The Bertz CT molecular complexity index is 962. The van der Waals surface area contributed by atoms with Gasteiger partial charge in [-0.25, -0.2) is 4.39 Å². The van der Waals surface area contributed by atoms with Crippen molar-refractivity contribution < 1.29 is 14.0 Å². The number of hydrogen-bond acceptors (Lipinski definition) is 4. The van der Waals surface area contributed by atoms with Crippen LogP contribution in [0.4, 0.5) is 10.1 Å². The molecule has 1 saturated heterocycles. The van der Waals surface area contributed by atoms with E-state index in [9.17, 15) is 14.0 Å². The second-order valence-electron chi connectivity index (χ2n) is 7.59. The Kier molecular flexibility index (Phi) is 7.15. The summed E-state index contributed by atoms with van der Waals surface area (Å²) in [5.74, 6) is -0.553. The van der Waals surface area contributed by atoms with Gasteiger partial charge in [0.05, 0.1) is 18.2 Å². The summed E-state index contributed by atoms with van der Waals surface area (Å²) in [6.45, 7) is 3.56. The van der Waals surface area contributed by atoms with Gasteiger partial charge < -0.3 is 10.6 Å². The fourth-order valence-electron chi connectivity index (χ4n) is 3.50. The lowest BCUT2D eigenvalue weighted by atomic mass is 9.95. The Labute approximate surface area is 175 Å². The van der Waals surface area contributed by atoms with E-state index in [1.807, 2.05) is 17.0 Å². The van der Waals surface area contributed by atoms with Crippen LogP contribution in [0.3, 0.4) is 0 Å². The second kappa shape index (κ2) is 9.99. The van der Waals surface area contributed by atoms with Gasteiger partial charge in [0.25, 0.3) is 0 Å². The van der Waals surface area contributed by atoms with E-state index in [-0.39, 0.29) is 30.1 Å². The van der Waals surface area contributed by atoms with Gasteiger partial charge in [0.2, 0.25) is 11.8 Å². The lowest BCUT2D eigenvalue weighted by Crippen LogP contribution is -2.43. The van der Waals surface area contributed by atoms with Crippen LogP contribution in [0, 0.1) is 30.0 Å². The first-order valence-electron chi connectivity index (χ1n) is 9.99. The van der Waals surface area contributed by atoms with Crippen LogP contribution in [0.25, 0.3) is 0 Å². The fourth-order valence-corrected chi connectivity index (χ4v) is 3.50. The molecule has 0 bridgehead atoms. The van der Waals surface area contributed by atoms with Crippen molar-refractivity contribution in [3.63, 3.8) is 0 Å². The number of piperidine rings is 1. The monoisotopic (exact) mass is 408 g/mol. The standard InChI is InChI=1S/C23H25FN4O2/c1-16-5-6-18(12-21(16)24)14-26-23(30)19-7-9-28(10-8-19)15-22(29)27-20-4-2-3-17(11-20)13-25/h2-6,11-12,19H,7-10,14-15H2,1H3,(H,26,30)(H,27,29). The minimum Gasteiger partial charge on any atom is -0.352 e. The number of aryl methyl sites for hydroxylation is 1. The second-order valence-corrected chi connectivity index (χ2v) is 7.59. The van der Waals surface area contributed by atoms with Crippen molar-refractivity contribution in [3.05, 3.63) is 65.0 Å². The number of benzene rings is 2. The van der Waals surface area contributed by atoms with Gasteiger partial charge in [-0.1, -0.05) is 18.2 Å². The maximum Gasteiger partial charge on any atom is 0.238 e. The summed E-state index contributed by atoms with van der Waals surface area (Å²) in [5.41, 5.74) is 2.41. The van der Waals surface area contributed by atoms with E-state index in [0.29, 0.717) is 49.3 Å². The summed E-state index contributed by atoms with van der Waals surface area (Å²) >= 11 is 0. The van der Waals surface area contributed by atoms with Crippen molar-refractivity contribution in [2.45, 2.75) is 26.3 Å². The van der Waals surface area contributed by atoms with Crippen LogP contribution in [0.2, 0.25) is 0 Å². The molecule has 0 spiro atoms. The average Bonchev–Trinajstić information content (AvgIpc) is 2.75. The van der Waals surface area contributed by atoms with E-state index in [2.05, 4.69) is 10.6 Å². The molecule has 1 heterocycles. The zero-order valence-electron chi connectivity index (χ0n) is 17.0. The number of carbonyl (C=O) groups excluding carboxylic acids is 2. The number of hydrogen-bond donors (Lipinski definition) is 2. The Morgan fingerprint density at radius 3 is 2.67 bits per heavy atom. The number of nitriles is 1. The van der Waals surface area contributed by atoms with E-state index in [1.165, 1.54) is 6.07 Å². The molecule has 0 unspecified atom stereocenters. The number of amides is 2. The summed E-state index contributed by atoms with van der Waals surface area (Å²) in [5, 5.41) is 14.6. The predicted octanol–water partition coefficient (Wildman–Crippen LogP) is 2.97. The van der Waals surface area contributed by atoms with Crippen molar-refractivity contribution in [2.24, 2.45) is 5.92 Å². The van der Waals surface area contributed by atoms with E-state index in [4.69, 9.17) is 5.26 Å². The Morgan fingerprint density at radius 2 is 1.97 bits per heavy atom. The number of nitrogens with zero attached hydrogens (tertiary/aromatic N) is 2. The van der Waals surface area contributed by atoms with Gasteiger partial charge in [-0.05, 0) is 68.2 Å². The molecule has 6 nitrogen and oxygen atoms in total. The zero-order chi connectivity index (χ0) is 21.5. The van der Waals surface area contributed by atoms with Crippen molar-refractivity contribution in [1.82, 2.24) is 10.2 Å². The molecule has 2 aromatic rings. The minimum atomic E-state index is -0.271. The Morgan fingerprint density at radius 1 is 1.20 bits per heavy atom. The molecule has 0 saturated carbocycles. The molecule has 0 radical (unpaired) electrons. The predicted molar refractivity (Wildman–Crippen MR) is 112 cm³/mol. The van der Waals surface area contributed by atoms with Gasteiger partial charge in [0, 0.05) is 18.2 Å². The van der Waals surface area contributed by atoms with Gasteiger partial charge in [0.1, 0.15) is 5.82 Å². The summed E-state index contributed by atoms with van der Waals surface area (Å²) in [6.07, 6.45) is 1.34. The summed E-state index contributed by atoms with van der Waals surface area (Å²) in [7, 11) is 0. The molecule has 7 heteroatoms. The van der Waals surface area contributed by atoms with Crippen LogP contribution in [-0.4, -0.2) is 36.3 Å². The third kappa shape index (κ3) is 5.88. The maximum atomic E-state index is 13.6. The lowest BCUT2D eigenvalue weighted by molar-refractivity contribution is -0.126. The molecule has 2 amide bonds. The van der Waals surface area contributed by atoms with Crippen LogP contribution in [0.1, 0.15) is 29.5 Å². The number of halogens is 1. The van der Waals surface area contributed by atoms with E-state index < -0.39 is 0 Å². The average molecular weight is 408 g/mol. The number of rotatable bonds is 6. The minimum absolute atomic E-state index is 0.0339. The van der Waals surface area contributed by atoms with E-state index in [0.717, 1.165) is 5.56 Å². The summed E-state index contributed by atoms with van der Waals surface area (Å²) < 4.78 is 13.6. The van der Waals surface area contributed by atoms with Crippen molar-refractivity contribution in [2.75, 3.05) is 25.0 Å². The highest BCUT2D eigenvalue weighted by atomic mass is 19.1. The third-order valence-electron chi connectivity index (χ3n) is 5.30. The highest BCUT2D eigenvalue weighted by Gasteiger charge is 2.25. The van der Waals surface area contributed by atoms with E-state index >= 15 is 0 Å². The summed E-state index contributed by atoms with van der Waals surface area (Å²) in [4.78, 5) is 26.7. The van der Waals surface area contributed by atoms with Crippen molar-refractivity contribution >= 4 is 17.5 Å². The normalized spacial score (nSPS) is 14.7. The largest absolute Gasteiger partial charge is 0.352 e. The smallest absolute Gasteiger partial charge is 0.238 e. The van der Waals surface area contributed by atoms with Gasteiger partial charge >= 0.3 is 0 Å². The van der Waals surface area contributed by atoms with Gasteiger partial charge in [0.15, 0.2) is 0 Å². The first-order chi connectivity index (χ1) is 14.4. The molecule has 156 valence electrons. The molecule has 3 rings (SSSR count). The number of likely N-dealkylation sites (tertiary alicyclic amines) is 1. The van der Waals surface area contributed by atoms with E-state index in [1.54, 1.807) is 37.3 Å². The third-order valence-corrected chi connectivity index (χ3v) is 5.30. The SMILES string of the molecule is Cc1ccc(CNC(=O)C2CCN(CC(=O)Nc3cccc(C#N)c3)CC2)cc1F. The van der Waals surface area contributed by atoms with Crippen LogP contribution in [0.15, 0.2) is 42.5 Å². The number of carbonyl (C=O) groups is 2. The first kappa shape index (κ1) is 21.5. The van der Waals surface area contributed by atoms with Crippen molar-refractivity contribution in [1.29, 1.82) is 5.26 Å². The van der Waals surface area contributed by atoms with Gasteiger partial charge in [-0.2, -0.15) is 5.26 Å². The molecule has 2 aromatic carbocycles. The fraction of sp³-hybridized carbons (Fsp3) is 0.348. The molecular weight excluding hydrogens is 383 g/mol. The van der Waals surface area contributed by atoms with Gasteiger partial charge in [-0.15, -0.1) is 0 Å². The summed E-state index contributed by atoms with van der Waals surface area (Å²) in [6, 6.07) is 13.8. The molecular formula is C23H25FN4O2. The molecule has 0 aliphatic carbocycles. The first-order valence-corrected chi connectivity index (χ1v) is 9.99. The van der Waals surface area contributed by atoms with Crippen LogP contribution in [-0.2, 0) is 16.1 Å². The molecule has 30 heavy (non-hydrogen) atoms. The van der Waals surface area contributed by atoms with Gasteiger partial charge in [-0.3, -0.25) is 14.5 Å². The quantitative estimate of drug-likeness (QED) is 0.770. The molecule has 1 fully saturated rings. The molecule has 2 N–H and O–H groups in total. The molecule has 0 atom stereocenters. The Balaban J connectivity index is 1.41. The lowest BCUT2D eigenvalue weighted by Gasteiger charge is -2.30.